The van der Waals surface area contributed by atoms with Crippen molar-refractivity contribution in [1.82, 2.24) is 0 Å². The van der Waals surface area contributed by atoms with E-state index < -0.39 is 104 Å². The number of hydrogen-bond acceptors (Lipinski definition) is 21. The van der Waals surface area contributed by atoms with Gasteiger partial charge in [0.2, 0.25) is 6.10 Å². The summed E-state index contributed by atoms with van der Waals surface area (Å²) in [6.07, 6.45) is 0.684. The van der Waals surface area contributed by atoms with Crippen molar-refractivity contribution in [2.75, 3.05) is 19.7 Å². The third kappa shape index (κ3) is 23.7. The zero-order valence-electron chi connectivity index (χ0n) is 78.0. The smallest absolute Gasteiger partial charge is 0.428 e. The summed E-state index contributed by atoms with van der Waals surface area (Å²) in [6, 6.07) is 41.8. The number of phenols is 1. The molecule has 1 aromatic heterocycles. The number of hydrogen-bond donors (Lipinski definition) is 1. The Morgan fingerprint density at radius 3 is 1.58 bits per heavy atom. The summed E-state index contributed by atoms with van der Waals surface area (Å²) in [6.45, 7) is 32.9. The van der Waals surface area contributed by atoms with Gasteiger partial charge in [0, 0.05) is 40.2 Å². The Morgan fingerprint density at radius 1 is 0.574 bits per heavy atom. The van der Waals surface area contributed by atoms with Gasteiger partial charge in [0.05, 0.1) is 55.0 Å². The number of phenolic OH excluding ortho intramolecular Hbond substituents is 1. The number of esters is 7. The molecule has 1 N–H and O–H groups in total. The van der Waals surface area contributed by atoms with Crippen LogP contribution in [-0.2, 0) is 98.3 Å². The molecular formula is C100H132F6O21S2. The third-order valence-corrected chi connectivity index (χ3v) is 32.1. The van der Waals surface area contributed by atoms with Crippen LogP contribution in [0, 0.1) is 68.0 Å². The lowest BCUT2D eigenvalue weighted by molar-refractivity contribution is -0.287. The second kappa shape index (κ2) is 39.9. The molecule has 9 unspecified atom stereocenters. The first-order valence-corrected chi connectivity index (χ1v) is 48.0. The van der Waals surface area contributed by atoms with E-state index in [0.717, 1.165) is 49.0 Å². The van der Waals surface area contributed by atoms with Crippen molar-refractivity contribution >= 4 is 82.5 Å². The number of thiophene rings is 1. The molecule has 11 aliphatic rings. The predicted octanol–water partition coefficient (Wildman–Crippen LogP) is 22.2. The van der Waals surface area contributed by atoms with Crippen LogP contribution < -0.4 is 4.74 Å². The molecule has 10 bridgehead atoms. The molecule has 29 heteroatoms. The molecule has 9 atom stereocenters. The maximum Gasteiger partial charge on any atom is 0.428 e. The van der Waals surface area contributed by atoms with Gasteiger partial charge >= 0.3 is 54.1 Å². The number of ether oxygens (including phenoxy) is 10. The zero-order valence-corrected chi connectivity index (χ0v) is 79.7. The molecule has 3 aliphatic heterocycles. The van der Waals surface area contributed by atoms with Gasteiger partial charge in [0.25, 0.3) is 5.60 Å². The summed E-state index contributed by atoms with van der Waals surface area (Å²) < 4.78 is 167. The number of rotatable bonds is 26. The molecular weight excluding hydrogens is 1720 g/mol. The number of alkyl halides is 6. The quantitative estimate of drug-likeness (QED) is 0.0100. The predicted molar refractivity (Wildman–Crippen MR) is 476 cm³/mol. The Bertz CT molecular complexity index is 4950. The Balaban J connectivity index is 0.000000163. The molecule has 129 heavy (non-hydrogen) atoms. The van der Waals surface area contributed by atoms with E-state index in [1.807, 2.05) is 74.4 Å². The van der Waals surface area contributed by atoms with Crippen molar-refractivity contribution in [3.8, 4) is 16.4 Å². The highest BCUT2D eigenvalue weighted by molar-refractivity contribution is 7.85. The highest BCUT2D eigenvalue weighted by Crippen LogP contribution is 2.66. The monoisotopic (exact) mass is 1850 g/mol. The van der Waals surface area contributed by atoms with Gasteiger partial charge < -0.3 is 57.0 Å². The van der Waals surface area contributed by atoms with Gasteiger partial charge in [0.1, 0.15) is 42.2 Å². The largest absolute Gasteiger partial charge is 0.748 e. The summed E-state index contributed by atoms with van der Waals surface area (Å²) in [5, 5.41) is 11.8. The van der Waals surface area contributed by atoms with Crippen molar-refractivity contribution in [3.63, 3.8) is 0 Å². The first-order chi connectivity index (χ1) is 60.0. The summed E-state index contributed by atoms with van der Waals surface area (Å²) >= 11 is 0. The molecule has 8 saturated carbocycles. The molecule has 0 spiro atoms. The minimum atomic E-state index is -5.27. The van der Waals surface area contributed by atoms with E-state index in [9.17, 15) is 72.9 Å². The molecule has 712 valence electrons. The van der Waals surface area contributed by atoms with Gasteiger partial charge in [-0.2, -0.15) is 26.3 Å². The average molecular weight is 1850 g/mol. The van der Waals surface area contributed by atoms with Gasteiger partial charge in [-0.1, -0.05) is 115 Å². The van der Waals surface area contributed by atoms with E-state index in [1.165, 1.54) is 82.8 Å². The Hall–Kier alpha value is -8.22. The van der Waals surface area contributed by atoms with Crippen molar-refractivity contribution < 1.29 is 125 Å². The lowest BCUT2D eigenvalue weighted by atomic mass is 9.46. The maximum absolute atomic E-state index is 13.3. The number of carbonyl (C=O) groups excluding carboxylic acids is 7. The third-order valence-electron chi connectivity index (χ3n) is 29.0. The number of halogens is 6. The van der Waals surface area contributed by atoms with Gasteiger partial charge in [-0.25, -0.2) is 13.2 Å². The highest BCUT2D eigenvalue weighted by atomic mass is 32.2. The molecule has 3 saturated heterocycles. The van der Waals surface area contributed by atoms with E-state index >= 15 is 0 Å². The van der Waals surface area contributed by atoms with Crippen LogP contribution in [0.4, 0.5) is 26.3 Å². The standard InChI is InChI=1S/C20H29F3O7S.C19H32O2.C18H25F3O4.C18H13S.C13H18O5.C12H16O3/c1-4-17(2,3)15(24)30-19-8-12-5-13(9-19)7-18(6-12,11-19)16(25)29-14(20(21,22)23)10-31(26,27)28;1-6-17(2,3)16(20)21-18(4,5)19-10-13-7-14(11-19)9-15(8-13)12-19;1-6-16(2,3)14-9-7-8-13(10-14)11-24-15(22)17(4,18(19,20)21)25-12-23-5;1-2-8-14(9-3-1)19-17-12-6-4-10-15(17)16-11-5-7-13-18(16)19;1-4-13(2,3)12(15)18-9-7-5-6-8(16-7)10(9)17-11(6)14;1-4-12(2,3)11(14)15-10-7-5-9(13)6-8-10/h12-14H,4-11H2,1-3H3,(H,26,27,28);13-15H,6-12H2,1-5H3;7-10H,6,11-12H2,1-5H3;1-13H;6-10H,4-5H2,1-3H3;5-8,13H,4H2,1-3H3/q;;;+1;;/p-1. The van der Waals surface area contributed by atoms with Crippen LogP contribution in [0.5, 0.6) is 11.5 Å². The number of benzene rings is 5. The van der Waals surface area contributed by atoms with E-state index in [1.54, 1.807) is 38.1 Å². The molecule has 11 fully saturated rings. The number of aromatic hydroxyl groups is 1. The van der Waals surface area contributed by atoms with Crippen molar-refractivity contribution in [3.05, 3.63) is 139 Å². The average Bonchev–Trinajstić information content (AvgIpc) is 1.55. The SMILES string of the molecule is CCC(C)(C)C(=O)OC(C)(C)C12CC3CC(CC(C3)C1)C2.CCC(C)(C)C(=O)OC12CC3CC(C1)CC(C(=O)OC(CS(=O)(=O)[O-])C(F)(F)F)(C3)C2.CCC(C)(C)C(=O)OC1C2CC3C(=O)OC1C3O2.CCC(C)(C)C(=O)Oc1ccc(O)cc1.CCC(C)(C)c1cccc(COC(=O)C(C)(OCOC)C(F)(F)F)c1.c1ccc(-[s+]2c3ccccc3c3ccccc32)cc1. The lowest BCUT2D eigenvalue weighted by Gasteiger charge is -2.61. The molecule has 0 amide bonds. The molecule has 21 nitrogen and oxygen atoms in total. The van der Waals surface area contributed by atoms with Crippen LogP contribution in [0.2, 0.25) is 0 Å². The van der Waals surface area contributed by atoms with E-state index in [0.29, 0.717) is 63.2 Å². The first-order valence-electron chi connectivity index (χ1n) is 45.2. The van der Waals surface area contributed by atoms with Crippen LogP contribution in [-0.4, -0.2) is 139 Å². The van der Waals surface area contributed by atoms with Crippen LogP contribution in [0.1, 0.15) is 251 Å². The van der Waals surface area contributed by atoms with E-state index in [2.05, 4.69) is 135 Å². The van der Waals surface area contributed by atoms with Gasteiger partial charge in [-0.15, -0.1) is 0 Å². The fourth-order valence-electron chi connectivity index (χ4n) is 19.5. The van der Waals surface area contributed by atoms with Crippen LogP contribution >= 0.6 is 10.5 Å². The fraction of sp³-hybridized carbons (Fsp3) is 0.630. The minimum absolute atomic E-state index is 0.00100. The maximum atomic E-state index is 13.3. The van der Waals surface area contributed by atoms with E-state index in [4.69, 9.17) is 38.3 Å². The molecule has 5 aromatic carbocycles. The second-order valence-corrected chi connectivity index (χ2v) is 44.3. The summed E-state index contributed by atoms with van der Waals surface area (Å²) in [5.41, 5.74) is -5.88. The number of fused-ring (bicyclic) bond motifs is 4. The highest BCUT2D eigenvalue weighted by Gasteiger charge is 2.67. The van der Waals surface area contributed by atoms with Crippen molar-refractivity contribution in [1.29, 1.82) is 0 Å². The summed E-state index contributed by atoms with van der Waals surface area (Å²) in [4.78, 5) is 87.0. The van der Waals surface area contributed by atoms with Crippen LogP contribution in [0.25, 0.3) is 25.1 Å². The molecule has 17 rings (SSSR count). The van der Waals surface area contributed by atoms with Gasteiger partial charge in [-0.3, -0.25) is 28.8 Å². The molecule has 6 aromatic rings. The van der Waals surface area contributed by atoms with Crippen LogP contribution in [0.15, 0.2) is 127 Å². The van der Waals surface area contributed by atoms with E-state index in [-0.39, 0.29) is 105 Å². The molecule has 8 aliphatic carbocycles. The fourth-order valence-corrected chi connectivity index (χ4v) is 22.5. The summed E-state index contributed by atoms with van der Waals surface area (Å²) in [7, 11) is -4.04. The van der Waals surface area contributed by atoms with Gasteiger partial charge in [-0.05, 0) is 292 Å². The first kappa shape index (κ1) is 103. The normalized spacial score (nSPS) is 26.0. The molecule has 4 heterocycles. The Morgan fingerprint density at radius 2 is 1.08 bits per heavy atom. The Kier molecular flexibility index (Phi) is 31.8. The zero-order chi connectivity index (χ0) is 95.4. The number of methoxy groups -OCH3 is 1. The molecule has 0 radical (unpaired) electrons. The van der Waals surface area contributed by atoms with Crippen molar-refractivity contribution in [2.24, 2.45) is 68.0 Å². The van der Waals surface area contributed by atoms with Gasteiger partial charge in [0.15, 0.2) is 26.5 Å². The van der Waals surface area contributed by atoms with Crippen molar-refractivity contribution in [2.45, 2.75) is 312 Å². The minimum Gasteiger partial charge on any atom is -0.748 e. The topological polar surface area (TPSA) is 289 Å². The summed E-state index contributed by atoms with van der Waals surface area (Å²) in [5.74, 6) is -2.50. The van der Waals surface area contributed by atoms with Crippen LogP contribution in [0.3, 0.4) is 0 Å². The second-order valence-electron chi connectivity index (χ2n) is 40.9. The lowest BCUT2D eigenvalue weighted by Crippen LogP contribution is -2.61. The number of carbonyl (C=O) groups is 7. The Labute approximate surface area is 758 Å².